The van der Waals surface area contributed by atoms with E-state index in [1.54, 1.807) is 37.4 Å². The number of methoxy groups -OCH3 is 1. The second-order valence-electron chi connectivity index (χ2n) is 5.30. The summed E-state index contributed by atoms with van der Waals surface area (Å²) >= 11 is 0. The number of fused-ring (bicyclic) bond motifs is 5. The lowest BCUT2D eigenvalue weighted by Gasteiger charge is -2.34. The van der Waals surface area contributed by atoms with E-state index in [-0.39, 0.29) is 12.4 Å². The van der Waals surface area contributed by atoms with Gasteiger partial charge in [-0.05, 0) is 24.3 Å². The van der Waals surface area contributed by atoms with E-state index in [1.165, 1.54) is 6.07 Å². The molecule has 21 heavy (non-hydrogen) atoms. The summed E-state index contributed by atoms with van der Waals surface area (Å²) in [5, 5.41) is 20.5. The van der Waals surface area contributed by atoms with Gasteiger partial charge < -0.3 is 24.4 Å². The van der Waals surface area contributed by atoms with Crippen LogP contribution in [0.5, 0.6) is 23.0 Å². The van der Waals surface area contributed by atoms with Crippen LogP contribution in [0.2, 0.25) is 0 Å². The van der Waals surface area contributed by atoms with Gasteiger partial charge in [0.25, 0.3) is 0 Å². The van der Waals surface area contributed by atoms with Crippen LogP contribution < -0.4 is 14.2 Å². The van der Waals surface area contributed by atoms with E-state index in [1.807, 2.05) is 0 Å². The van der Waals surface area contributed by atoms with Gasteiger partial charge in [0, 0.05) is 23.3 Å². The van der Waals surface area contributed by atoms with E-state index in [2.05, 4.69) is 0 Å². The van der Waals surface area contributed by atoms with Crippen LogP contribution in [0.1, 0.15) is 17.2 Å². The lowest BCUT2D eigenvalue weighted by molar-refractivity contribution is -0.0864. The molecular formula is C16H14O5. The number of rotatable bonds is 1. The van der Waals surface area contributed by atoms with E-state index in [0.717, 1.165) is 5.56 Å². The Morgan fingerprint density at radius 3 is 2.86 bits per heavy atom. The Balaban J connectivity index is 1.84. The molecule has 0 aromatic heterocycles. The van der Waals surface area contributed by atoms with E-state index in [0.29, 0.717) is 22.8 Å². The first-order chi connectivity index (χ1) is 10.1. The fourth-order valence-corrected chi connectivity index (χ4v) is 2.98. The van der Waals surface area contributed by atoms with E-state index < -0.39 is 11.7 Å². The van der Waals surface area contributed by atoms with Gasteiger partial charge in [-0.3, -0.25) is 0 Å². The van der Waals surface area contributed by atoms with E-state index in [9.17, 15) is 10.2 Å². The molecule has 0 saturated carbocycles. The fourth-order valence-electron chi connectivity index (χ4n) is 2.98. The lowest BCUT2D eigenvalue weighted by Crippen LogP contribution is -2.41. The zero-order valence-corrected chi connectivity index (χ0v) is 11.4. The molecule has 2 N–H and O–H groups in total. The smallest absolute Gasteiger partial charge is 0.168 e. The molecule has 2 unspecified atom stereocenters. The summed E-state index contributed by atoms with van der Waals surface area (Å²) in [6.07, 6.45) is -0.552. The Morgan fingerprint density at radius 2 is 2.05 bits per heavy atom. The molecule has 0 amide bonds. The summed E-state index contributed by atoms with van der Waals surface area (Å²) < 4.78 is 16.7. The van der Waals surface area contributed by atoms with Crippen LogP contribution in [0, 0.1) is 0 Å². The molecule has 0 bridgehead atoms. The lowest BCUT2D eigenvalue weighted by atomic mass is 9.85. The van der Waals surface area contributed by atoms with Crippen LogP contribution in [0.4, 0.5) is 0 Å². The summed E-state index contributed by atoms with van der Waals surface area (Å²) in [4.78, 5) is 0. The Labute approximate surface area is 121 Å². The van der Waals surface area contributed by atoms with Crippen LogP contribution in [-0.4, -0.2) is 23.9 Å². The number of hydrogen-bond donors (Lipinski definition) is 2. The van der Waals surface area contributed by atoms with Crippen molar-refractivity contribution in [3.63, 3.8) is 0 Å². The topological polar surface area (TPSA) is 68.2 Å². The Kier molecular flexibility index (Phi) is 2.38. The molecule has 2 atom stereocenters. The van der Waals surface area contributed by atoms with E-state index in [4.69, 9.17) is 14.2 Å². The summed E-state index contributed by atoms with van der Waals surface area (Å²) in [6, 6.07) is 10.1. The van der Waals surface area contributed by atoms with Crippen molar-refractivity contribution in [3.05, 3.63) is 47.5 Å². The zero-order chi connectivity index (χ0) is 14.6. The van der Waals surface area contributed by atoms with Gasteiger partial charge in [0.15, 0.2) is 11.7 Å². The maximum atomic E-state index is 11.0. The van der Waals surface area contributed by atoms with Crippen molar-refractivity contribution in [1.29, 1.82) is 0 Å². The molecule has 2 heterocycles. The summed E-state index contributed by atoms with van der Waals surface area (Å²) in [5.74, 6) is 1.91. The van der Waals surface area contributed by atoms with Gasteiger partial charge in [-0.2, -0.15) is 0 Å². The van der Waals surface area contributed by atoms with E-state index >= 15 is 0 Å². The maximum Gasteiger partial charge on any atom is 0.168 e. The van der Waals surface area contributed by atoms with Gasteiger partial charge in [0.2, 0.25) is 0 Å². The van der Waals surface area contributed by atoms with Crippen LogP contribution in [-0.2, 0) is 5.60 Å². The van der Waals surface area contributed by atoms with Crippen molar-refractivity contribution in [2.45, 2.75) is 11.7 Å². The van der Waals surface area contributed by atoms with Crippen molar-refractivity contribution >= 4 is 0 Å². The third-order valence-corrected chi connectivity index (χ3v) is 4.06. The number of hydrogen-bond acceptors (Lipinski definition) is 5. The second-order valence-corrected chi connectivity index (χ2v) is 5.30. The average Bonchev–Trinajstić information content (AvgIpc) is 2.79. The average molecular weight is 286 g/mol. The molecule has 2 aliphatic heterocycles. The normalized spacial score (nSPS) is 25.1. The predicted octanol–water partition coefficient (Wildman–Crippen LogP) is 2.11. The molecule has 5 nitrogen and oxygen atoms in total. The van der Waals surface area contributed by atoms with Gasteiger partial charge >= 0.3 is 0 Å². The van der Waals surface area contributed by atoms with Gasteiger partial charge in [-0.25, -0.2) is 0 Å². The van der Waals surface area contributed by atoms with Crippen molar-refractivity contribution in [2.75, 3.05) is 13.7 Å². The first-order valence-electron chi connectivity index (χ1n) is 6.65. The molecule has 108 valence electrons. The largest absolute Gasteiger partial charge is 0.508 e. The summed E-state index contributed by atoms with van der Waals surface area (Å²) in [6.45, 7) is 0.0768. The van der Waals surface area contributed by atoms with Gasteiger partial charge in [-0.1, -0.05) is 0 Å². The molecule has 2 aromatic rings. The summed E-state index contributed by atoms with van der Waals surface area (Å²) in [7, 11) is 1.58. The minimum absolute atomic E-state index is 0.0768. The first-order valence-corrected chi connectivity index (χ1v) is 6.65. The minimum atomic E-state index is -1.23. The van der Waals surface area contributed by atoms with Crippen molar-refractivity contribution in [1.82, 2.24) is 0 Å². The van der Waals surface area contributed by atoms with Crippen LogP contribution >= 0.6 is 0 Å². The first kappa shape index (κ1) is 12.3. The molecule has 0 fully saturated rings. The van der Waals surface area contributed by atoms with Gasteiger partial charge in [0.1, 0.15) is 29.6 Å². The number of aliphatic hydroxyl groups is 1. The number of aromatic hydroxyl groups is 1. The van der Waals surface area contributed by atoms with Crippen LogP contribution in [0.25, 0.3) is 0 Å². The quantitative estimate of drug-likeness (QED) is 0.840. The number of benzene rings is 2. The molecule has 4 rings (SSSR count). The monoisotopic (exact) mass is 286 g/mol. The molecule has 0 radical (unpaired) electrons. The highest BCUT2D eigenvalue weighted by atomic mass is 16.5. The predicted molar refractivity (Wildman–Crippen MR) is 73.9 cm³/mol. The molecule has 0 saturated heterocycles. The Morgan fingerprint density at radius 1 is 1.19 bits per heavy atom. The highest BCUT2D eigenvalue weighted by molar-refractivity contribution is 5.53. The molecule has 0 spiro atoms. The number of ether oxygens (including phenoxy) is 3. The summed E-state index contributed by atoms with van der Waals surface area (Å²) in [5.41, 5.74) is 0.176. The molecule has 0 aliphatic carbocycles. The third-order valence-electron chi connectivity index (χ3n) is 4.06. The second kappa shape index (κ2) is 4.05. The SMILES string of the molecule is COc1ccc2c(c1)OC1c3ccc(O)cc3OCC21O. The number of phenolic OH excluding ortho intramolecular Hbond substituents is 1. The molecular weight excluding hydrogens is 272 g/mol. The fraction of sp³-hybridized carbons (Fsp3) is 0.250. The molecule has 2 aromatic carbocycles. The Hall–Kier alpha value is -2.40. The van der Waals surface area contributed by atoms with Crippen LogP contribution in [0.3, 0.4) is 0 Å². The van der Waals surface area contributed by atoms with Crippen LogP contribution in [0.15, 0.2) is 36.4 Å². The molecule has 5 heteroatoms. The van der Waals surface area contributed by atoms with Crippen molar-refractivity contribution in [3.8, 4) is 23.0 Å². The third kappa shape index (κ3) is 1.61. The van der Waals surface area contributed by atoms with Crippen molar-refractivity contribution in [2.24, 2.45) is 0 Å². The molecule has 2 aliphatic rings. The Bertz CT molecular complexity index is 727. The van der Waals surface area contributed by atoms with Crippen molar-refractivity contribution < 1.29 is 24.4 Å². The minimum Gasteiger partial charge on any atom is -0.508 e. The highest BCUT2D eigenvalue weighted by Gasteiger charge is 2.52. The maximum absolute atomic E-state index is 11.0. The number of phenols is 1. The van der Waals surface area contributed by atoms with Gasteiger partial charge in [-0.15, -0.1) is 0 Å². The van der Waals surface area contributed by atoms with Gasteiger partial charge in [0.05, 0.1) is 7.11 Å². The highest BCUT2D eigenvalue weighted by Crippen LogP contribution is 2.54. The standard InChI is InChI=1S/C16H14O5/c1-19-10-3-5-12-14(7-10)21-15-11-4-2-9(17)6-13(11)20-8-16(12,15)18/h2-7,15,17-18H,8H2,1H3. The zero-order valence-electron chi connectivity index (χ0n) is 11.4.